The molecule has 2 fully saturated rings. The summed E-state index contributed by atoms with van der Waals surface area (Å²) in [6.45, 7) is 14.1. The van der Waals surface area contributed by atoms with E-state index in [1.807, 2.05) is 20.8 Å². The molecule has 0 aromatic heterocycles. The van der Waals surface area contributed by atoms with Crippen LogP contribution in [-0.2, 0) is 19.2 Å². The molecule has 1 heterocycles. The molecule has 3 rings (SSSR count). The number of carbonyl (C=O) groups excluding carboxylic acids is 5. The van der Waals surface area contributed by atoms with Gasteiger partial charge in [0.1, 0.15) is 24.4 Å². The van der Waals surface area contributed by atoms with Crippen LogP contribution in [0.2, 0.25) is 0 Å². The van der Waals surface area contributed by atoms with Crippen LogP contribution in [0, 0.1) is 11.3 Å². The maximum absolute atomic E-state index is 13.4. The maximum Gasteiger partial charge on any atom is 0.289 e. The van der Waals surface area contributed by atoms with Gasteiger partial charge in [-0.1, -0.05) is 53.9 Å². The van der Waals surface area contributed by atoms with E-state index >= 15 is 0 Å². The molecule has 2 aliphatic rings. The minimum Gasteiger partial charge on any atom is -0.492 e. The first-order valence-corrected chi connectivity index (χ1v) is 16.5. The molecule has 4 N–H and O–H groups in total. The van der Waals surface area contributed by atoms with Crippen LogP contribution in [0.15, 0.2) is 24.3 Å². The van der Waals surface area contributed by atoms with Gasteiger partial charge in [-0.25, -0.2) is 0 Å². The monoisotopic (exact) mass is 627 g/mol. The van der Waals surface area contributed by atoms with E-state index in [-0.39, 0.29) is 12.0 Å². The van der Waals surface area contributed by atoms with Crippen LogP contribution in [0.25, 0.3) is 0 Å². The minimum absolute atomic E-state index is 0.0302. The highest BCUT2D eigenvalue weighted by Gasteiger charge is 2.36. The molecule has 0 bridgehead atoms. The van der Waals surface area contributed by atoms with Crippen molar-refractivity contribution in [2.45, 2.75) is 111 Å². The van der Waals surface area contributed by atoms with E-state index in [1.54, 1.807) is 38.1 Å². The van der Waals surface area contributed by atoms with Crippen LogP contribution < -0.4 is 26.0 Å². The molecule has 250 valence electrons. The number of benzene rings is 1. The van der Waals surface area contributed by atoms with Crippen molar-refractivity contribution in [3.63, 3.8) is 0 Å². The van der Waals surface area contributed by atoms with Crippen molar-refractivity contribution in [3.8, 4) is 5.75 Å². The topological polar surface area (TPSA) is 146 Å². The van der Waals surface area contributed by atoms with E-state index in [4.69, 9.17) is 4.74 Å². The Hall–Kier alpha value is -3.47. The molecule has 1 aromatic carbocycles. The van der Waals surface area contributed by atoms with Gasteiger partial charge in [-0.2, -0.15) is 0 Å². The Morgan fingerprint density at radius 3 is 2.04 bits per heavy atom. The Bertz CT molecular complexity index is 1170. The summed E-state index contributed by atoms with van der Waals surface area (Å²) < 4.78 is 5.83. The first kappa shape index (κ1) is 36.0. The molecular weight excluding hydrogens is 574 g/mol. The SMILES string of the molecule is CC(C)[C@H](NC(=O)[C@H](C)NC(=O)[C@@H](NC(=O)c1ccc(OCCN2CCCC2)cc1)C(C)(C)C)C(=O)C(=O)NC1CCCCC1. The number of carbonyl (C=O) groups is 5. The van der Waals surface area contributed by atoms with E-state index in [0.29, 0.717) is 17.9 Å². The third kappa shape index (κ3) is 11.1. The number of hydrogen-bond donors (Lipinski definition) is 4. The van der Waals surface area contributed by atoms with Gasteiger partial charge in [0, 0.05) is 18.2 Å². The quantitative estimate of drug-likeness (QED) is 0.232. The predicted octanol–water partition coefficient (Wildman–Crippen LogP) is 2.97. The fourth-order valence-electron chi connectivity index (χ4n) is 5.71. The lowest BCUT2D eigenvalue weighted by Crippen LogP contribution is -2.59. The molecule has 0 unspecified atom stereocenters. The third-order valence-corrected chi connectivity index (χ3v) is 8.56. The van der Waals surface area contributed by atoms with E-state index in [2.05, 4.69) is 26.2 Å². The fourth-order valence-corrected chi connectivity index (χ4v) is 5.71. The second kappa shape index (κ2) is 16.7. The number of nitrogens with zero attached hydrogens (tertiary/aromatic N) is 1. The number of ketones is 1. The normalized spacial score (nSPS) is 18.0. The molecule has 3 atom stereocenters. The predicted molar refractivity (Wildman–Crippen MR) is 173 cm³/mol. The van der Waals surface area contributed by atoms with Gasteiger partial charge in [0.05, 0.1) is 6.04 Å². The van der Waals surface area contributed by atoms with E-state index < -0.39 is 53.0 Å². The molecule has 0 radical (unpaired) electrons. The summed E-state index contributed by atoms with van der Waals surface area (Å²) >= 11 is 0. The number of Topliss-reactive ketones (excluding diaryl/α,β-unsaturated/α-hetero) is 1. The van der Waals surface area contributed by atoms with Gasteiger partial charge in [0.15, 0.2) is 0 Å². The smallest absolute Gasteiger partial charge is 0.289 e. The number of nitrogens with one attached hydrogen (secondary N) is 4. The van der Waals surface area contributed by atoms with Gasteiger partial charge in [0.25, 0.3) is 11.8 Å². The zero-order valence-corrected chi connectivity index (χ0v) is 27.9. The maximum atomic E-state index is 13.4. The number of ether oxygens (including phenoxy) is 1. The zero-order chi connectivity index (χ0) is 33.1. The number of rotatable bonds is 14. The molecule has 45 heavy (non-hydrogen) atoms. The second-order valence-electron chi connectivity index (χ2n) is 13.8. The fraction of sp³-hybridized carbons (Fsp3) is 0.676. The van der Waals surface area contributed by atoms with Gasteiger partial charge in [-0.15, -0.1) is 0 Å². The van der Waals surface area contributed by atoms with Gasteiger partial charge < -0.3 is 26.0 Å². The van der Waals surface area contributed by atoms with Crippen LogP contribution >= 0.6 is 0 Å². The highest BCUT2D eigenvalue weighted by Crippen LogP contribution is 2.21. The van der Waals surface area contributed by atoms with Crippen molar-refractivity contribution in [2.24, 2.45) is 11.3 Å². The number of hydrogen-bond acceptors (Lipinski definition) is 7. The standard InChI is InChI=1S/C34H53N5O6/c1-22(2)27(28(40)32(43)36-25-12-8-7-9-13-25)37-30(41)23(3)35-33(44)29(34(4,5)6)38-31(42)24-14-16-26(17-15-24)45-21-20-39-18-10-11-19-39/h14-17,22-23,25,27,29H,7-13,18-21H2,1-6H3,(H,35,44)(H,36,43)(H,37,41)(H,38,42)/t23-,27-,29+/m0/s1. The number of amides is 4. The van der Waals surface area contributed by atoms with Gasteiger partial charge >= 0.3 is 0 Å². The Balaban J connectivity index is 1.55. The highest BCUT2D eigenvalue weighted by molar-refractivity contribution is 6.38. The Labute approximate surface area is 268 Å². The Morgan fingerprint density at radius 2 is 1.47 bits per heavy atom. The van der Waals surface area contributed by atoms with Gasteiger partial charge in [-0.3, -0.25) is 28.9 Å². The summed E-state index contributed by atoms with van der Waals surface area (Å²) in [5.41, 5.74) is -0.304. The van der Waals surface area contributed by atoms with Crippen molar-refractivity contribution >= 4 is 29.4 Å². The molecule has 1 saturated heterocycles. The molecule has 4 amide bonds. The molecule has 1 aliphatic heterocycles. The average molecular weight is 628 g/mol. The van der Waals surface area contributed by atoms with Crippen molar-refractivity contribution < 1.29 is 28.7 Å². The molecule has 11 heteroatoms. The van der Waals surface area contributed by atoms with E-state index in [0.717, 1.165) is 51.7 Å². The minimum atomic E-state index is -1.04. The lowest BCUT2D eigenvalue weighted by Gasteiger charge is -2.31. The van der Waals surface area contributed by atoms with E-state index in [1.165, 1.54) is 19.8 Å². The van der Waals surface area contributed by atoms with Crippen LogP contribution in [0.1, 0.15) is 96.8 Å². The third-order valence-electron chi connectivity index (χ3n) is 8.56. The van der Waals surface area contributed by atoms with Crippen molar-refractivity contribution in [1.82, 2.24) is 26.2 Å². The summed E-state index contributed by atoms with van der Waals surface area (Å²) in [5.74, 6) is -2.64. The van der Waals surface area contributed by atoms with E-state index in [9.17, 15) is 24.0 Å². The van der Waals surface area contributed by atoms with Crippen molar-refractivity contribution in [3.05, 3.63) is 29.8 Å². The van der Waals surface area contributed by atoms with Crippen molar-refractivity contribution in [1.29, 1.82) is 0 Å². The van der Waals surface area contributed by atoms with Crippen LogP contribution in [0.5, 0.6) is 5.75 Å². The molecule has 11 nitrogen and oxygen atoms in total. The molecule has 0 spiro atoms. The van der Waals surface area contributed by atoms with Crippen LogP contribution in [-0.4, -0.2) is 84.7 Å². The molecule has 1 aliphatic carbocycles. The molecule has 1 aromatic rings. The summed E-state index contributed by atoms with van der Waals surface area (Å²) in [6, 6.07) is 3.73. The van der Waals surface area contributed by atoms with Gasteiger partial charge in [-0.05, 0) is 81.3 Å². The summed E-state index contributed by atoms with van der Waals surface area (Å²) in [5, 5.41) is 11.0. The average Bonchev–Trinajstić information content (AvgIpc) is 3.51. The van der Waals surface area contributed by atoms with Crippen LogP contribution in [0.4, 0.5) is 0 Å². The first-order chi connectivity index (χ1) is 21.3. The summed E-state index contributed by atoms with van der Waals surface area (Å²) in [7, 11) is 0. The lowest BCUT2D eigenvalue weighted by atomic mass is 9.85. The second-order valence-corrected chi connectivity index (χ2v) is 13.8. The number of likely N-dealkylation sites (tertiary alicyclic amines) is 1. The van der Waals surface area contributed by atoms with Crippen LogP contribution in [0.3, 0.4) is 0 Å². The zero-order valence-electron chi connectivity index (χ0n) is 27.9. The summed E-state index contributed by atoms with van der Waals surface area (Å²) in [6.07, 6.45) is 7.27. The van der Waals surface area contributed by atoms with Crippen molar-refractivity contribution in [2.75, 3.05) is 26.2 Å². The molecule has 1 saturated carbocycles. The first-order valence-electron chi connectivity index (χ1n) is 16.5. The highest BCUT2D eigenvalue weighted by atomic mass is 16.5. The summed E-state index contributed by atoms with van der Waals surface area (Å²) in [4.78, 5) is 67.6. The molecular formula is C34H53N5O6. The van der Waals surface area contributed by atoms with Gasteiger partial charge in [0.2, 0.25) is 17.6 Å². The Kier molecular flexibility index (Phi) is 13.4. The Morgan fingerprint density at radius 1 is 0.844 bits per heavy atom. The lowest BCUT2D eigenvalue weighted by molar-refractivity contribution is -0.141. The largest absolute Gasteiger partial charge is 0.492 e.